The van der Waals surface area contributed by atoms with Gasteiger partial charge in [-0.3, -0.25) is 4.90 Å². The van der Waals surface area contributed by atoms with E-state index in [2.05, 4.69) is 29.4 Å². The Kier molecular flexibility index (Phi) is 7.12. The zero-order chi connectivity index (χ0) is 17.5. The Morgan fingerprint density at radius 1 is 1.50 bits per heavy atom. The first-order chi connectivity index (χ1) is 11.5. The summed E-state index contributed by atoms with van der Waals surface area (Å²) in [5, 5.41) is 6.00. The zero-order valence-corrected chi connectivity index (χ0v) is 15.4. The van der Waals surface area contributed by atoms with Crippen LogP contribution >= 0.6 is 0 Å². The molecule has 1 aliphatic heterocycles. The van der Waals surface area contributed by atoms with E-state index in [9.17, 15) is 4.79 Å². The molecule has 136 valence electrons. The van der Waals surface area contributed by atoms with Crippen molar-refractivity contribution in [2.75, 3.05) is 40.3 Å². The van der Waals surface area contributed by atoms with Crippen LogP contribution in [0.3, 0.4) is 0 Å². The quantitative estimate of drug-likeness (QED) is 0.802. The van der Waals surface area contributed by atoms with E-state index in [-0.39, 0.29) is 18.1 Å². The minimum atomic E-state index is -0.119. The standard InChI is InChI=1S/C18H32N4O2/c1-14-7-5-9-22(12-14)13-15(2)20-18(23)19-11-16(21(3)4)17-8-6-10-24-17/h6,8,10,14-16H,5,7,9,11-13H2,1-4H3,(H2,19,20,23). The van der Waals surface area contributed by atoms with Gasteiger partial charge in [0.15, 0.2) is 0 Å². The van der Waals surface area contributed by atoms with E-state index in [4.69, 9.17) is 4.42 Å². The van der Waals surface area contributed by atoms with Crippen molar-refractivity contribution in [3.05, 3.63) is 24.2 Å². The van der Waals surface area contributed by atoms with Gasteiger partial charge in [0, 0.05) is 25.7 Å². The fourth-order valence-corrected chi connectivity index (χ4v) is 3.37. The summed E-state index contributed by atoms with van der Waals surface area (Å²) in [5.41, 5.74) is 0. The summed E-state index contributed by atoms with van der Waals surface area (Å²) in [5.74, 6) is 1.62. The van der Waals surface area contributed by atoms with Crippen molar-refractivity contribution in [1.82, 2.24) is 20.4 Å². The number of likely N-dealkylation sites (tertiary alicyclic amines) is 1. The predicted molar refractivity (Wildman–Crippen MR) is 96.0 cm³/mol. The number of piperidine rings is 1. The lowest BCUT2D eigenvalue weighted by molar-refractivity contribution is 0.169. The number of likely N-dealkylation sites (N-methyl/N-ethyl adjacent to an activating group) is 1. The van der Waals surface area contributed by atoms with Crippen molar-refractivity contribution in [3.63, 3.8) is 0 Å². The molecule has 1 aliphatic rings. The lowest BCUT2D eigenvalue weighted by atomic mass is 10.00. The molecule has 24 heavy (non-hydrogen) atoms. The summed E-state index contributed by atoms with van der Waals surface area (Å²) >= 11 is 0. The molecule has 1 aromatic heterocycles. The van der Waals surface area contributed by atoms with E-state index < -0.39 is 0 Å². The Morgan fingerprint density at radius 2 is 2.29 bits per heavy atom. The predicted octanol–water partition coefficient (Wildman–Crippen LogP) is 2.30. The lowest BCUT2D eigenvalue weighted by Crippen LogP contribution is -2.49. The number of rotatable bonds is 7. The number of furan rings is 1. The largest absolute Gasteiger partial charge is 0.468 e. The number of urea groups is 1. The molecule has 1 aromatic rings. The summed E-state index contributed by atoms with van der Waals surface area (Å²) in [7, 11) is 3.96. The van der Waals surface area contributed by atoms with Crippen LogP contribution in [0.5, 0.6) is 0 Å². The first-order valence-electron chi connectivity index (χ1n) is 8.92. The number of hydrogen-bond acceptors (Lipinski definition) is 4. The van der Waals surface area contributed by atoms with Crippen LogP contribution in [0.2, 0.25) is 0 Å². The molecular weight excluding hydrogens is 304 g/mol. The van der Waals surface area contributed by atoms with Crippen LogP contribution in [0.4, 0.5) is 4.79 Å². The Labute approximate surface area is 145 Å². The highest BCUT2D eigenvalue weighted by atomic mass is 16.3. The monoisotopic (exact) mass is 336 g/mol. The molecule has 0 radical (unpaired) electrons. The molecule has 2 rings (SSSR count). The molecule has 0 aromatic carbocycles. The number of carbonyl (C=O) groups is 1. The van der Waals surface area contributed by atoms with Gasteiger partial charge in [0.2, 0.25) is 0 Å². The maximum absolute atomic E-state index is 12.2. The van der Waals surface area contributed by atoms with Crippen LogP contribution < -0.4 is 10.6 Å². The van der Waals surface area contributed by atoms with Gasteiger partial charge in [-0.15, -0.1) is 0 Å². The Bertz CT molecular complexity index is 489. The fourth-order valence-electron chi connectivity index (χ4n) is 3.37. The van der Waals surface area contributed by atoms with E-state index in [1.165, 1.54) is 12.8 Å². The third-order valence-electron chi connectivity index (χ3n) is 4.60. The highest BCUT2D eigenvalue weighted by molar-refractivity contribution is 5.74. The first-order valence-corrected chi connectivity index (χ1v) is 8.92. The molecule has 6 nitrogen and oxygen atoms in total. The topological polar surface area (TPSA) is 60.8 Å². The molecule has 2 amide bonds. The molecule has 3 atom stereocenters. The van der Waals surface area contributed by atoms with Gasteiger partial charge in [0.25, 0.3) is 0 Å². The second-order valence-electron chi connectivity index (χ2n) is 7.26. The Hall–Kier alpha value is -1.53. The van der Waals surface area contributed by atoms with E-state index in [0.717, 1.165) is 31.3 Å². The molecule has 3 unspecified atom stereocenters. The van der Waals surface area contributed by atoms with Gasteiger partial charge in [0.05, 0.1) is 12.3 Å². The van der Waals surface area contributed by atoms with Crippen LogP contribution in [0.15, 0.2) is 22.8 Å². The van der Waals surface area contributed by atoms with Gasteiger partial charge in [-0.2, -0.15) is 0 Å². The van der Waals surface area contributed by atoms with Crippen LogP contribution in [-0.2, 0) is 0 Å². The number of hydrogen-bond donors (Lipinski definition) is 2. The van der Waals surface area contributed by atoms with Crippen molar-refractivity contribution >= 4 is 6.03 Å². The third kappa shape index (κ3) is 5.83. The molecule has 1 saturated heterocycles. The average Bonchev–Trinajstić information content (AvgIpc) is 3.00. The van der Waals surface area contributed by atoms with E-state index >= 15 is 0 Å². The van der Waals surface area contributed by atoms with Crippen LogP contribution in [-0.4, -0.2) is 62.1 Å². The molecule has 0 aliphatic carbocycles. The van der Waals surface area contributed by atoms with Crippen molar-refractivity contribution in [2.45, 2.75) is 38.8 Å². The van der Waals surface area contributed by atoms with Gasteiger partial charge in [-0.25, -0.2) is 4.79 Å². The SMILES string of the molecule is CC1CCCN(CC(C)NC(=O)NCC(c2ccco2)N(C)C)C1. The van der Waals surface area contributed by atoms with Crippen LogP contribution in [0.25, 0.3) is 0 Å². The van der Waals surface area contributed by atoms with Gasteiger partial charge in [-0.1, -0.05) is 6.92 Å². The highest BCUT2D eigenvalue weighted by Crippen LogP contribution is 2.17. The maximum atomic E-state index is 12.2. The molecule has 6 heteroatoms. The van der Waals surface area contributed by atoms with Gasteiger partial charge >= 0.3 is 6.03 Å². The second-order valence-corrected chi connectivity index (χ2v) is 7.26. The zero-order valence-electron chi connectivity index (χ0n) is 15.4. The summed E-state index contributed by atoms with van der Waals surface area (Å²) in [6, 6.07) is 3.85. The third-order valence-corrected chi connectivity index (χ3v) is 4.60. The molecule has 2 N–H and O–H groups in total. The summed E-state index contributed by atoms with van der Waals surface area (Å²) in [4.78, 5) is 16.7. The average molecular weight is 336 g/mol. The van der Waals surface area contributed by atoms with Crippen molar-refractivity contribution in [3.8, 4) is 0 Å². The van der Waals surface area contributed by atoms with Gasteiger partial charge < -0.3 is 20.0 Å². The van der Waals surface area contributed by atoms with E-state index in [0.29, 0.717) is 6.54 Å². The first kappa shape index (κ1) is 18.8. The fraction of sp³-hybridized carbons (Fsp3) is 0.722. The molecule has 1 fully saturated rings. The molecule has 0 bridgehead atoms. The smallest absolute Gasteiger partial charge is 0.315 e. The number of nitrogens with one attached hydrogen (secondary N) is 2. The van der Waals surface area contributed by atoms with E-state index in [1.807, 2.05) is 31.1 Å². The number of nitrogens with zero attached hydrogens (tertiary/aromatic N) is 2. The lowest BCUT2D eigenvalue weighted by Gasteiger charge is -2.33. The maximum Gasteiger partial charge on any atom is 0.315 e. The van der Waals surface area contributed by atoms with Crippen molar-refractivity contribution in [2.24, 2.45) is 5.92 Å². The summed E-state index contributed by atoms with van der Waals surface area (Å²) in [6.45, 7) is 8.06. The van der Waals surface area contributed by atoms with Crippen LogP contribution in [0.1, 0.15) is 38.5 Å². The Balaban J connectivity index is 1.73. The molecule has 0 spiro atoms. The van der Waals surface area contributed by atoms with E-state index in [1.54, 1.807) is 6.26 Å². The molecule has 2 heterocycles. The highest BCUT2D eigenvalue weighted by Gasteiger charge is 2.20. The van der Waals surface area contributed by atoms with Crippen molar-refractivity contribution < 1.29 is 9.21 Å². The second kappa shape index (κ2) is 9.08. The normalized spacial score (nSPS) is 21.5. The van der Waals surface area contributed by atoms with Gasteiger partial charge in [-0.05, 0) is 58.5 Å². The summed E-state index contributed by atoms with van der Waals surface area (Å²) in [6.07, 6.45) is 4.23. The Morgan fingerprint density at radius 3 is 2.92 bits per heavy atom. The minimum Gasteiger partial charge on any atom is -0.468 e. The molecule has 0 saturated carbocycles. The molecular formula is C18H32N4O2. The van der Waals surface area contributed by atoms with Crippen LogP contribution in [0, 0.1) is 5.92 Å². The minimum absolute atomic E-state index is 0.0315. The van der Waals surface area contributed by atoms with Gasteiger partial charge in [0.1, 0.15) is 5.76 Å². The number of carbonyl (C=O) groups excluding carboxylic acids is 1. The van der Waals surface area contributed by atoms with Crippen molar-refractivity contribution in [1.29, 1.82) is 0 Å². The number of amides is 2. The summed E-state index contributed by atoms with van der Waals surface area (Å²) < 4.78 is 5.46.